The van der Waals surface area contributed by atoms with Gasteiger partial charge in [-0.25, -0.2) is 0 Å². The molecule has 0 aliphatic rings. The van der Waals surface area contributed by atoms with E-state index < -0.39 is 0 Å². The second-order valence-corrected chi connectivity index (χ2v) is 4.87. The lowest BCUT2D eigenvalue weighted by Gasteiger charge is -2.07. The van der Waals surface area contributed by atoms with Crippen LogP contribution in [-0.2, 0) is 29.1 Å². The van der Waals surface area contributed by atoms with Crippen molar-refractivity contribution in [2.75, 3.05) is 6.61 Å². The van der Waals surface area contributed by atoms with Crippen molar-refractivity contribution in [3.05, 3.63) is 42.0 Å². The summed E-state index contributed by atoms with van der Waals surface area (Å²) in [6.45, 7) is 2.92. The van der Waals surface area contributed by atoms with Crippen LogP contribution in [0.3, 0.4) is 0 Å². The van der Waals surface area contributed by atoms with E-state index in [1.54, 1.807) is 30.6 Å². The molecule has 23 heavy (non-hydrogen) atoms. The first-order chi connectivity index (χ1) is 11.2. The molecule has 0 bridgehead atoms. The van der Waals surface area contributed by atoms with Crippen molar-refractivity contribution in [1.29, 1.82) is 5.26 Å². The zero-order valence-electron chi connectivity index (χ0n) is 12.9. The van der Waals surface area contributed by atoms with Crippen LogP contribution in [0.1, 0.15) is 24.7 Å². The fourth-order valence-electron chi connectivity index (χ4n) is 2.04. The first kappa shape index (κ1) is 16.5. The van der Waals surface area contributed by atoms with Gasteiger partial charge in [-0.2, -0.15) is 5.26 Å². The largest absolute Gasteiger partial charge is 0.479 e. The Morgan fingerprint density at radius 3 is 3.09 bits per heavy atom. The standard InChI is InChI=1S/C16H18N4O3/c1-2-7-20-12-18-19-15(20)11-23-16(21)10-13-4-3-5-14(9-13)22-8-6-17/h3-5,9,12H,2,7-8,10-11H2,1H3. The van der Waals surface area contributed by atoms with Crippen LogP contribution in [0, 0.1) is 11.3 Å². The number of carbonyl (C=O) groups excluding carboxylic acids is 1. The minimum atomic E-state index is -0.353. The minimum Gasteiger partial charge on any atom is -0.479 e. The fraction of sp³-hybridized carbons (Fsp3) is 0.375. The van der Waals surface area contributed by atoms with Crippen molar-refractivity contribution in [2.45, 2.75) is 32.9 Å². The lowest BCUT2D eigenvalue weighted by atomic mass is 10.1. The van der Waals surface area contributed by atoms with Crippen molar-refractivity contribution in [3.8, 4) is 11.8 Å². The Bertz CT molecular complexity index is 691. The molecule has 1 heterocycles. The van der Waals surface area contributed by atoms with E-state index >= 15 is 0 Å². The first-order valence-electron chi connectivity index (χ1n) is 7.34. The third kappa shape index (κ3) is 5.11. The smallest absolute Gasteiger partial charge is 0.310 e. The van der Waals surface area contributed by atoms with E-state index in [0.29, 0.717) is 11.6 Å². The van der Waals surface area contributed by atoms with Crippen molar-refractivity contribution in [1.82, 2.24) is 14.8 Å². The van der Waals surface area contributed by atoms with Gasteiger partial charge in [0, 0.05) is 6.54 Å². The Hall–Kier alpha value is -2.88. The first-order valence-corrected chi connectivity index (χ1v) is 7.34. The van der Waals surface area contributed by atoms with Crippen LogP contribution < -0.4 is 4.74 Å². The van der Waals surface area contributed by atoms with E-state index in [2.05, 4.69) is 17.1 Å². The molecule has 7 nitrogen and oxygen atoms in total. The van der Waals surface area contributed by atoms with Gasteiger partial charge in [0.15, 0.2) is 19.0 Å². The van der Waals surface area contributed by atoms with Crippen LogP contribution in [0.25, 0.3) is 0 Å². The summed E-state index contributed by atoms with van der Waals surface area (Å²) in [7, 11) is 0. The fourth-order valence-corrected chi connectivity index (χ4v) is 2.04. The van der Waals surface area contributed by atoms with Gasteiger partial charge in [-0.3, -0.25) is 4.79 Å². The van der Waals surface area contributed by atoms with Crippen molar-refractivity contribution >= 4 is 5.97 Å². The highest BCUT2D eigenvalue weighted by Crippen LogP contribution is 2.14. The molecule has 0 atom stereocenters. The maximum Gasteiger partial charge on any atom is 0.310 e. The molecule has 0 radical (unpaired) electrons. The molecule has 2 aromatic rings. The molecule has 0 spiro atoms. The quantitative estimate of drug-likeness (QED) is 0.691. The van der Waals surface area contributed by atoms with Crippen LogP contribution in [0.5, 0.6) is 5.75 Å². The van der Waals surface area contributed by atoms with E-state index in [0.717, 1.165) is 18.5 Å². The van der Waals surface area contributed by atoms with Crippen LogP contribution in [0.15, 0.2) is 30.6 Å². The average Bonchev–Trinajstić information content (AvgIpc) is 2.99. The van der Waals surface area contributed by atoms with E-state index in [1.165, 1.54) is 0 Å². The molecule has 0 fully saturated rings. The lowest BCUT2D eigenvalue weighted by molar-refractivity contribution is -0.144. The molecule has 1 aromatic carbocycles. The number of esters is 1. The highest BCUT2D eigenvalue weighted by atomic mass is 16.5. The third-order valence-corrected chi connectivity index (χ3v) is 3.07. The third-order valence-electron chi connectivity index (χ3n) is 3.07. The van der Waals surface area contributed by atoms with Crippen LogP contribution in [-0.4, -0.2) is 27.3 Å². The average molecular weight is 314 g/mol. The molecular formula is C16H18N4O3. The Kier molecular flexibility index (Phi) is 6.12. The van der Waals surface area contributed by atoms with Crippen molar-refractivity contribution in [3.63, 3.8) is 0 Å². The summed E-state index contributed by atoms with van der Waals surface area (Å²) in [6, 6.07) is 8.93. The van der Waals surface area contributed by atoms with Gasteiger partial charge in [-0.1, -0.05) is 19.1 Å². The Morgan fingerprint density at radius 1 is 1.43 bits per heavy atom. The molecule has 0 saturated carbocycles. The van der Waals surface area contributed by atoms with Gasteiger partial charge in [-0.05, 0) is 24.1 Å². The summed E-state index contributed by atoms with van der Waals surface area (Å²) < 4.78 is 12.3. The summed E-state index contributed by atoms with van der Waals surface area (Å²) in [4.78, 5) is 11.9. The Balaban J connectivity index is 1.87. The lowest BCUT2D eigenvalue weighted by Crippen LogP contribution is -2.11. The van der Waals surface area contributed by atoms with Gasteiger partial charge in [0.1, 0.15) is 18.1 Å². The SMILES string of the molecule is CCCn1cnnc1COC(=O)Cc1cccc(OCC#N)c1. The molecular weight excluding hydrogens is 296 g/mol. The summed E-state index contributed by atoms with van der Waals surface area (Å²) >= 11 is 0. The van der Waals surface area contributed by atoms with Crippen molar-refractivity contribution in [2.24, 2.45) is 0 Å². The van der Waals surface area contributed by atoms with Crippen molar-refractivity contribution < 1.29 is 14.3 Å². The van der Waals surface area contributed by atoms with E-state index in [1.807, 2.05) is 10.6 Å². The summed E-state index contributed by atoms with van der Waals surface area (Å²) in [5, 5.41) is 16.3. The number of aryl methyl sites for hydroxylation is 1. The van der Waals surface area contributed by atoms with Crippen LogP contribution in [0.4, 0.5) is 0 Å². The molecule has 7 heteroatoms. The number of aromatic nitrogens is 3. The number of rotatable bonds is 8. The summed E-state index contributed by atoms with van der Waals surface area (Å²) in [6.07, 6.45) is 2.71. The zero-order valence-corrected chi connectivity index (χ0v) is 12.9. The van der Waals surface area contributed by atoms with Crippen LogP contribution in [0.2, 0.25) is 0 Å². The Labute approximate surface area is 134 Å². The maximum absolute atomic E-state index is 11.9. The topological polar surface area (TPSA) is 90.0 Å². The molecule has 120 valence electrons. The molecule has 2 rings (SSSR count). The molecule has 0 unspecified atom stereocenters. The van der Waals surface area contributed by atoms with Gasteiger partial charge in [0.2, 0.25) is 0 Å². The number of ether oxygens (including phenoxy) is 2. The molecule has 0 saturated heterocycles. The predicted molar refractivity (Wildman–Crippen MR) is 81.4 cm³/mol. The highest BCUT2D eigenvalue weighted by molar-refractivity contribution is 5.72. The number of nitriles is 1. The highest BCUT2D eigenvalue weighted by Gasteiger charge is 2.09. The van der Waals surface area contributed by atoms with Gasteiger partial charge in [0.05, 0.1) is 6.42 Å². The van der Waals surface area contributed by atoms with Gasteiger partial charge >= 0.3 is 5.97 Å². The second kappa shape index (κ2) is 8.54. The second-order valence-electron chi connectivity index (χ2n) is 4.87. The Morgan fingerprint density at radius 2 is 2.30 bits per heavy atom. The zero-order chi connectivity index (χ0) is 16.5. The minimum absolute atomic E-state index is 0.0268. The predicted octanol–water partition coefficient (Wildman–Crippen LogP) is 1.88. The van der Waals surface area contributed by atoms with E-state index in [4.69, 9.17) is 14.7 Å². The van der Waals surface area contributed by atoms with Gasteiger partial charge in [-0.15, -0.1) is 10.2 Å². The molecule has 1 aromatic heterocycles. The molecule has 0 aliphatic heterocycles. The van der Waals surface area contributed by atoms with Gasteiger partial charge in [0.25, 0.3) is 0 Å². The van der Waals surface area contributed by atoms with E-state index in [-0.39, 0.29) is 25.6 Å². The normalized spacial score (nSPS) is 10.1. The maximum atomic E-state index is 11.9. The number of benzene rings is 1. The number of hydrogen-bond acceptors (Lipinski definition) is 6. The van der Waals surface area contributed by atoms with Gasteiger partial charge < -0.3 is 14.0 Å². The number of hydrogen-bond donors (Lipinski definition) is 0. The number of nitrogens with zero attached hydrogens (tertiary/aromatic N) is 4. The van der Waals surface area contributed by atoms with Crippen LogP contribution >= 0.6 is 0 Å². The summed E-state index contributed by atoms with van der Waals surface area (Å²) in [5.41, 5.74) is 0.764. The van der Waals surface area contributed by atoms with E-state index in [9.17, 15) is 4.79 Å². The molecule has 0 N–H and O–H groups in total. The monoisotopic (exact) mass is 314 g/mol. The number of carbonyl (C=O) groups is 1. The summed E-state index contributed by atoms with van der Waals surface area (Å²) in [5.74, 6) is 0.833. The molecule has 0 amide bonds. The molecule has 0 aliphatic carbocycles.